The minimum atomic E-state index is 0.475. The van der Waals surface area contributed by atoms with Crippen molar-refractivity contribution in [2.75, 3.05) is 7.05 Å². The highest BCUT2D eigenvalue weighted by atomic mass is 15.2. The van der Waals surface area contributed by atoms with Crippen molar-refractivity contribution in [3.63, 3.8) is 0 Å². The summed E-state index contributed by atoms with van der Waals surface area (Å²) in [6.07, 6.45) is 3.51. The second-order valence-electron chi connectivity index (χ2n) is 2.31. The van der Waals surface area contributed by atoms with E-state index in [9.17, 15) is 0 Å². The quantitative estimate of drug-likeness (QED) is 0.600. The summed E-state index contributed by atoms with van der Waals surface area (Å²) in [5, 5.41) is 0. The van der Waals surface area contributed by atoms with E-state index in [0.717, 1.165) is 5.57 Å². The van der Waals surface area contributed by atoms with Crippen LogP contribution >= 0.6 is 0 Å². The number of nitrogens with zero attached hydrogens (tertiary/aromatic N) is 2. The predicted molar refractivity (Wildman–Crippen MR) is 46.8 cm³/mol. The molecule has 0 saturated carbocycles. The Bertz CT molecular complexity index is 261. The lowest BCUT2D eigenvalue weighted by Crippen LogP contribution is -2.23. The Hall–Kier alpha value is -1.51. The van der Waals surface area contributed by atoms with Gasteiger partial charge in [-0.25, -0.2) is 4.99 Å². The summed E-state index contributed by atoms with van der Waals surface area (Å²) in [6.45, 7) is 7.30. The van der Waals surface area contributed by atoms with Crippen LogP contribution in [0, 0.1) is 0 Å². The molecular formula is C8H11N3. The maximum atomic E-state index is 5.57. The second-order valence-corrected chi connectivity index (χ2v) is 2.31. The van der Waals surface area contributed by atoms with E-state index in [4.69, 9.17) is 5.73 Å². The van der Waals surface area contributed by atoms with E-state index in [2.05, 4.69) is 18.2 Å². The van der Waals surface area contributed by atoms with Crippen molar-refractivity contribution < 1.29 is 0 Å². The van der Waals surface area contributed by atoms with Crippen LogP contribution in [-0.2, 0) is 0 Å². The lowest BCUT2D eigenvalue weighted by atomic mass is 10.2. The number of aliphatic imine (C=N–C) groups is 1. The third kappa shape index (κ3) is 1.32. The van der Waals surface area contributed by atoms with Gasteiger partial charge in [-0.15, -0.1) is 0 Å². The fourth-order valence-corrected chi connectivity index (χ4v) is 0.789. The smallest absolute Gasteiger partial charge is 0.134 e. The largest absolute Gasteiger partial charge is 0.383 e. The van der Waals surface area contributed by atoms with E-state index in [1.165, 1.54) is 0 Å². The molecule has 0 bridgehead atoms. The molecule has 11 heavy (non-hydrogen) atoms. The topological polar surface area (TPSA) is 41.6 Å². The molecule has 0 atom stereocenters. The highest BCUT2D eigenvalue weighted by Crippen LogP contribution is 2.11. The van der Waals surface area contributed by atoms with Gasteiger partial charge in [-0.3, -0.25) is 0 Å². The molecule has 2 N–H and O–H groups in total. The van der Waals surface area contributed by atoms with E-state index >= 15 is 0 Å². The maximum Gasteiger partial charge on any atom is 0.134 e. The van der Waals surface area contributed by atoms with Crippen molar-refractivity contribution in [2.45, 2.75) is 0 Å². The first kappa shape index (κ1) is 7.60. The van der Waals surface area contributed by atoms with Gasteiger partial charge in [0.2, 0.25) is 0 Å². The average molecular weight is 149 g/mol. The summed E-state index contributed by atoms with van der Waals surface area (Å²) >= 11 is 0. The van der Waals surface area contributed by atoms with Gasteiger partial charge in [0.25, 0.3) is 0 Å². The van der Waals surface area contributed by atoms with E-state index < -0.39 is 0 Å². The number of rotatable bonds is 1. The van der Waals surface area contributed by atoms with Crippen LogP contribution in [0.2, 0.25) is 0 Å². The van der Waals surface area contributed by atoms with Crippen molar-refractivity contribution in [1.82, 2.24) is 4.90 Å². The number of hydrogen-bond acceptors (Lipinski definition) is 3. The first-order valence-corrected chi connectivity index (χ1v) is 3.25. The lowest BCUT2D eigenvalue weighted by Gasteiger charge is -2.19. The van der Waals surface area contributed by atoms with Crippen molar-refractivity contribution >= 4 is 5.84 Å². The van der Waals surface area contributed by atoms with Crippen molar-refractivity contribution in [2.24, 2.45) is 10.7 Å². The van der Waals surface area contributed by atoms with Gasteiger partial charge in [0, 0.05) is 18.8 Å². The molecule has 1 aliphatic rings. The van der Waals surface area contributed by atoms with Crippen LogP contribution in [0.4, 0.5) is 0 Å². The molecule has 0 saturated heterocycles. The molecule has 1 aliphatic heterocycles. The second kappa shape index (κ2) is 2.62. The molecule has 1 heterocycles. The predicted octanol–water partition coefficient (Wildman–Crippen LogP) is 0.830. The molecule has 0 unspecified atom stereocenters. The van der Waals surface area contributed by atoms with Crippen LogP contribution in [-0.4, -0.2) is 17.8 Å². The first-order chi connectivity index (χ1) is 5.15. The number of nitrogens with two attached hydrogens (primary N) is 1. The molecule has 0 radical (unpaired) electrons. The summed E-state index contributed by atoms with van der Waals surface area (Å²) in [4.78, 5) is 5.80. The minimum Gasteiger partial charge on any atom is -0.383 e. The standard InChI is InChI=1S/C8H11N3/c1-4-7-5-11(3)6(2)10-8(7)9/h4-5H,1-2H2,3H3,(H2,9,10). The highest BCUT2D eigenvalue weighted by Gasteiger charge is 2.08. The van der Waals surface area contributed by atoms with Crippen LogP contribution in [0.25, 0.3) is 0 Å². The first-order valence-electron chi connectivity index (χ1n) is 3.25. The number of amidine groups is 1. The normalized spacial score (nSPS) is 17.5. The Labute approximate surface area is 66.2 Å². The third-order valence-corrected chi connectivity index (χ3v) is 1.51. The molecule has 0 aromatic rings. The molecule has 3 heteroatoms. The Morgan fingerprint density at radius 1 is 1.73 bits per heavy atom. The zero-order chi connectivity index (χ0) is 8.43. The molecule has 0 spiro atoms. The Morgan fingerprint density at radius 2 is 2.36 bits per heavy atom. The lowest BCUT2D eigenvalue weighted by molar-refractivity contribution is 0.557. The van der Waals surface area contributed by atoms with Crippen molar-refractivity contribution in [3.05, 3.63) is 36.8 Å². The van der Waals surface area contributed by atoms with E-state index in [1.54, 1.807) is 11.0 Å². The zero-order valence-corrected chi connectivity index (χ0v) is 6.54. The SMILES string of the molecule is C=CC1=CN(C)C(=C)N=C1N. The Morgan fingerprint density at radius 3 is 2.91 bits per heavy atom. The van der Waals surface area contributed by atoms with Gasteiger partial charge < -0.3 is 10.6 Å². The summed E-state index contributed by atoms with van der Waals surface area (Å²) in [5.41, 5.74) is 6.40. The molecule has 0 fully saturated rings. The van der Waals surface area contributed by atoms with Gasteiger partial charge in [-0.1, -0.05) is 19.2 Å². The zero-order valence-electron chi connectivity index (χ0n) is 6.54. The summed E-state index contributed by atoms with van der Waals surface area (Å²) in [5.74, 6) is 1.12. The molecule has 0 aliphatic carbocycles. The minimum absolute atomic E-state index is 0.475. The summed E-state index contributed by atoms with van der Waals surface area (Å²) in [7, 11) is 1.86. The van der Waals surface area contributed by atoms with Gasteiger partial charge >= 0.3 is 0 Å². The average Bonchev–Trinajstić information content (AvgIpc) is 1.97. The van der Waals surface area contributed by atoms with Gasteiger partial charge in [0.05, 0.1) is 0 Å². The van der Waals surface area contributed by atoms with Gasteiger partial charge in [-0.2, -0.15) is 0 Å². The van der Waals surface area contributed by atoms with E-state index in [0.29, 0.717) is 11.7 Å². The maximum absolute atomic E-state index is 5.57. The molecule has 58 valence electrons. The molecular weight excluding hydrogens is 138 g/mol. The summed E-state index contributed by atoms with van der Waals surface area (Å²) < 4.78 is 0. The Balaban J connectivity index is 3.00. The molecule has 0 aromatic heterocycles. The summed E-state index contributed by atoms with van der Waals surface area (Å²) in [6, 6.07) is 0. The van der Waals surface area contributed by atoms with Crippen LogP contribution < -0.4 is 5.73 Å². The van der Waals surface area contributed by atoms with Gasteiger partial charge in [0.15, 0.2) is 0 Å². The third-order valence-electron chi connectivity index (χ3n) is 1.51. The van der Waals surface area contributed by atoms with Crippen LogP contribution in [0.15, 0.2) is 41.8 Å². The molecule has 0 amide bonds. The molecule has 0 aromatic carbocycles. The number of hydrogen-bond donors (Lipinski definition) is 1. The van der Waals surface area contributed by atoms with Crippen LogP contribution in [0.3, 0.4) is 0 Å². The van der Waals surface area contributed by atoms with Crippen molar-refractivity contribution in [3.8, 4) is 0 Å². The fourth-order valence-electron chi connectivity index (χ4n) is 0.789. The van der Waals surface area contributed by atoms with E-state index in [-0.39, 0.29) is 0 Å². The highest BCUT2D eigenvalue weighted by molar-refractivity contribution is 6.00. The van der Waals surface area contributed by atoms with Crippen LogP contribution in [0.5, 0.6) is 0 Å². The molecule has 3 nitrogen and oxygen atoms in total. The van der Waals surface area contributed by atoms with Crippen LogP contribution in [0.1, 0.15) is 0 Å². The fraction of sp³-hybridized carbons (Fsp3) is 0.125. The monoisotopic (exact) mass is 149 g/mol. The van der Waals surface area contributed by atoms with Gasteiger partial charge in [0.1, 0.15) is 11.7 Å². The van der Waals surface area contributed by atoms with Gasteiger partial charge in [-0.05, 0) is 0 Å². The Kier molecular flexibility index (Phi) is 1.81. The van der Waals surface area contributed by atoms with Crippen molar-refractivity contribution in [1.29, 1.82) is 0 Å². The molecule has 1 rings (SSSR count). The van der Waals surface area contributed by atoms with E-state index in [1.807, 2.05) is 13.2 Å².